The molecule has 4 rings (SSSR count). The minimum Gasteiger partial charge on any atom is -0.487 e. The number of hydrogen-bond acceptors (Lipinski definition) is 6. The van der Waals surface area contributed by atoms with Gasteiger partial charge in [0.25, 0.3) is 0 Å². The Hall–Kier alpha value is -3.74. The molecule has 0 aliphatic rings. The van der Waals surface area contributed by atoms with Crippen molar-refractivity contribution in [3.05, 3.63) is 90.2 Å². The molecule has 0 N–H and O–H groups in total. The highest BCUT2D eigenvalue weighted by Crippen LogP contribution is 2.16. The number of rotatable bonds is 10. The van der Waals surface area contributed by atoms with E-state index >= 15 is 0 Å². The van der Waals surface area contributed by atoms with Gasteiger partial charge in [0.2, 0.25) is 5.89 Å². The molecule has 0 spiro atoms. The van der Waals surface area contributed by atoms with Gasteiger partial charge >= 0.3 is 0 Å². The molecule has 0 amide bonds. The third kappa shape index (κ3) is 5.88. The van der Waals surface area contributed by atoms with Gasteiger partial charge in [-0.25, -0.2) is 4.98 Å². The maximum Gasteiger partial charge on any atom is 0.218 e. The molecule has 3 heterocycles. The standard InChI is InChI=1S/C23H23N5O2/c1-3-13-24-20(6-1)9-12-23-26-21(18-30-23)17-29-22-10-7-19(8-11-22)5-2-4-15-28-16-14-25-27-28/h1,3,6-14,16,18H,2,4-5,15,17H2. The van der Waals surface area contributed by atoms with Crippen molar-refractivity contribution >= 4 is 12.2 Å². The number of oxazole rings is 1. The van der Waals surface area contributed by atoms with Crippen LogP contribution in [0.3, 0.4) is 0 Å². The number of ether oxygens (including phenoxy) is 1. The lowest BCUT2D eigenvalue weighted by atomic mass is 10.1. The molecule has 0 radical (unpaired) electrons. The molecule has 0 saturated carbocycles. The molecule has 7 heteroatoms. The lowest BCUT2D eigenvalue weighted by Crippen LogP contribution is -1.99. The molecule has 0 unspecified atom stereocenters. The van der Waals surface area contributed by atoms with Crippen LogP contribution in [-0.4, -0.2) is 25.0 Å². The average molecular weight is 401 g/mol. The summed E-state index contributed by atoms with van der Waals surface area (Å²) in [5.41, 5.74) is 2.89. The minimum atomic E-state index is 0.359. The molecule has 0 aliphatic heterocycles. The zero-order chi connectivity index (χ0) is 20.4. The third-order valence-corrected chi connectivity index (χ3v) is 4.54. The second-order valence-corrected chi connectivity index (χ2v) is 6.82. The number of nitrogens with zero attached hydrogens (tertiary/aromatic N) is 5. The van der Waals surface area contributed by atoms with Crippen molar-refractivity contribution in [3.8, 4) is 5.75 Å². The Morgan fingerprint density at radius 2 is 1.93 bits per heavy atom. The normalized spacial score (nSPS) is 11.2. The van der Waals surface area contributed by atoms with Crippen molar-refractivity contribution in [2.24, 2.45) is 0 Å². The van der Waals surface area contributed by atoms with Gasteiger partial charge in [-0.1, -0.05) is 23.4 Å². The monoisotopic (exact) mass is 401 g/mol. The van der Waals surface area contributed by atoms with Crippen LogP contribution in [0.5, 0.6) is 5.75 Å². The van der Waals surface area contributed by atoms with E-state index in [-0.39, 0.29) is 0 Å². The quantitative estimate of drug-likeness (QED) is 0.366. The van der Waals surface area contributed by atoms with Gasteiger partial charge in [0.05, 0.1) is 11.9 Å². The van der Waals surface area contributed by atoms with E-state index in [1.807, 2.05) is 47.3 Å². The largest absolute Gasteiger partial charge is 0.487 e. The van der Waals surface area contributed by atoms with Crippen molar-refractivity contribution in [1.29, 1.82) is 0 Å². The molecular formula is C23H23N5O2. The van der Waals surface area contributed by atoms with E-state index in [0.29, 0.717) is 12.5 Å². The van der Waals surface area contributed by atoms with E-state index < -0.39 is 0 Å². The fraction of sp³-hybridized carbons (Fsp3) is 0.217. The van der Waals surface area contributed by atoms with Crippen molar-refractivity contribution in [2.75, 3.05) is 0 Å². The molecule has 0 bridgehead atoms. The summed E-state index contributed by atoms with van der Waals surface area (Å²) in [6.07, 6.45) is 13.8. The van der Waals surface area contributed by atoms with Gasteiger partial charge in [-0.15, -0.1) is 5.10 Å². The first kappa shape index (κ1) is 19.6. The first-order valence-corrected chi connectivity index (χ1v) is 9.94. The summed E-state index contributed by atoms with van der Waals surface area (Å²) in [5, 5.41) is 7.79. The van der Waals surface area contributed by atoms with E-state index in [9.17, 15) is 0 Å². The van der Waals surface area contributed by atoms with E-state index in [1.54, 1.807) is 24.7 Å². The fourth-order valence-electron chi connectivity index (χ4n) is 2.96. The number of pyridine rings is 1. The molecular weight excluding hydrogens is 378 g/mol. The van der Waals surface area contributed by atoms with E-state index in [0.717, 1.165) is 42.9 Å². The Morgan fingerprint density at radius 1 is 1.00 bits per heavy atom. The van der Waals surface area contributed by atoms with Gasteiger partial charge in [-0.3, -0.25) is 9.67 Å². The molecule has 0 atom stereocenters. The molecule has 0 saturated heterocycles. The lowest BCUT2D eigenvalue weighted by Gasteiger charge is -2.06. The molecule has 152 valence electrons. The van der Waals surface area contributed by atoms with Crippen LogP contribution in [0.25, 0.3) is 12.2 Å². The SMILES string of the molecule is C(=Cc1nc(COc2ccc(CCCCn3ccnn3)cc2)co1)c1ccccn1. The van der Waals surface area contributed by atoms with Crippen LogP contribution in [0.2, 0.25) is 0 Å². The summed E-state index contributed by atoms with van der Waals surface area (Å²) >= 11 is 0. The smallest absolute Gasteiger partial charge is 0.218 e. The molecule has 4 aromatic rings. The number of aromatic nitrogens is 5. The second-order valence-electron chi connectivity index (χ2n) is 6.82. The molecule has 0 fully saturated rings. The first-order chi connectivity index (χ1) is 14.8. The summed E-state index contributed by atoms with van der Waals surface area (Å²) in [6.45, 7) is 1.26. The summed E-state index contributed by atoms with van der Waals surface area (Å²) in [6, 6.07) is 13.9. The highest BCUT2D eigenvalue weighted by molar-refractivity contribution is 5.63. The van der Waals surface area contributed by atoms with Gasteiger partial charge in [-0.2, -0.15) is 0 Å². The van der Waals surface area contributed by atoms with E-state index in [4.69, 9.17) is 9.15 Å². The van der Waals surface area contributed by atoms with Gasteiger partial charge in [0.1, 0.15) is 24.3 Å². The maximum absolute atomic E-state index is 5.82. The summed E-state index contributed by atoms with van der Waals surface area (Å²) in [4.78, 5) is 8.64. The highest BCUT2D eigenvalue weighted by atomic mass is 16.5. The fourth-order valence-corrected chi connectivity index (χ4v) is 2.96. The number of unbranched alkanes of at least 4 members (excludes halogenated alkanes) is 1. The van der Waals surface area contributed by atoms with Crippen molar-refractivity contribution in [3.63, 3.8) is 0 Å². The van der Waals surface area contributed by atoms with Gasteiger partial charge in [0.15, 0.2) is 0 Å². The lowest BCUT2D eigenvalue weighted by molar-refractivity contribution is 0.301. The Balaban J connectivity index is 1.20. The van der Waals surface area contributed by atoms with Crippen LogP contribution in [-0.2, 0) is 19.6 Å². The minimum absolute atomic E-state index is 0.359. The Morgan fingerprint density at radius 3 is 2.73 bits per heavy atom. The predicted octanol–water partition coefficient (Wildman–Crippen LogP) is 4.43. The van der Waals surface area contributed by atoms with Crippen LogP contribution in [0.1, 0.15) is 35.7 Å². The number of benzene rings is 1. The van der Waals surface area contributed by atoms with Crippen LogP contribution in [0.4, 0.5) is 0 Å². The van der Waals surface area contributed by atoms with E-state index in [2.05, 4.69) is 32.4 Å². The zero-order valence-corrected chi connectivity index (χ0v) is 16.6. The summed E-state index contributed by atoms with van der Waals surface area (Å²) < 4.78 is 13.1. The Labute approximate surface area is 175 Å². The van der Waals surface area contributed by atoms with Crippen molar-refractivity contribution < 1.29 is 9.15 Å². The van der Waals surface area contributed by atoms with Crippen LogP contribution in [0.15, 0.2) is 71.7 Å². The Kier molecular flexibility index (Phi) is 6.63. The number of aryl methyl sites for hydroxylation is 2. The van der Waals surface area contributed by atoms with Crippen molar-refractivity contribution in [2.45, 2.75) is 32.4 Å². The highest BCUT2D eigenvalue weighted by Gasteiger charge is 2.03. The average Bonchev–Trinajstić information content (AvgIpc) is 3.47. The van der Waals surface area contributed by atoms with Gasteiger partial charge in [-0.05, 0) is 55.2 Å². The van der Waals surface area contributed by atoms with Gasteiger partial charge in [0, 0.05) is 25.0 Å². The molecule has 0 aliphatic carbocycles. The molecule has 1 aromatic carbocycles. The van der Waals surface area contributed by atoms with Crippen LogP contribution < -0.4 is 4.74 Å². The van der Waals surface area contributed by atoms with Gasteiger partial charge < -0.3 is 9.15 Å². The van der Waals surface area contributed by atoms with Crippen LogP contribution in [0, 0.1) is 0 Å². The Bertz CT molecular complexity index is 1040. The maximum atomic E-state index is 5.82. The predicted molar refractivity (Wildman–Crippen MR) is 113 cm³/mol. The third-order valence-electron chi connectivity index (χ3n) is 4.54. The summed E-state index contributed by atoms with van der Waals surface area (Å²) in [5.74, 6) is 1.34. The van der Waals surface area contributed by atoms with E-state index in [1.165, 1.54) is 5.56 Å². The summed E-state index contributed by atoms with van der Waals surface area (Å²) in [7, 11) is 0. The topological polar surface area (TPSA) is 78.9 Å². The van der Waals surface area contributed by atoms with Crippen molar-refractivity contribution in [1.82, 2.24) is 25.0 Å². The first-order valence-electron chi connectivity index (χ1n) is 9.94. The zero-order valence-electron chi connectivity index (χ0n) is 16.6. The molecule has 30 heavy (non-hydrogen) atoms. The molecule has 7 nitrogen and oxygen atoms in total. The number of hydrogen-bond donors (Lipinski definition) is 0. The van der Waals surface area contributed by atoms with Crippen LogP contribution >= 0.6 is 0 Å². The second kappa shape index (κ2) is 10.2. The molecule has 3 aromatic heterocycles.